The number of hydrogen-bond acceptors (Lipinski definition) is 2. The average molecular weight is 329 g/mol. The van der Waals surface area contributed by atoms with Crippen LogP contribution in [0.2, 0.25) is 10.0 Å². The van der Waals surface area contributed by atoms with E-state index in [2.05, 4.69) is 0 Å². The first-order valence-electron chi connectivity index (χ1n) is 5.82. The number of benzene rings is 2. The van der Waals surface area contributed by atoms with Crippen LogP contribution in [-0.2, 0) is 0 Å². The molecular weight excluding hydrogens is 318 g/mol. The Hall–Kier alpha value is -1.03. The van der Waals surface area contributed by atoms with Crippen LogP contribution in [0.3, 0.4) is 0 Å². The fourth-order valence-corrected chi connectivity index (χ4v) is 3.16. The van der Waals surface area contributed by atoms with Crippen molar-refractivity contribution in [1.82, 2.24) is 0 Å². The monoisotopic (exact) mass is 328 g/mol. The van der Waals surface area contributed by atoms with Crippen LogP contribution in [0, 0.1) is 12.7 Å². The van der Waals surface area contributed by atoms with Crippen LogP contribution < -0.4 is 0 Å². The zero-order chi connectivity index (χ0) is 14.9. The number of carbonyl (C=O) groups is 1. The molecule has 0 saturated carbocycles. The molecule has 1 nitrogen and oxygen atoms in total. The van der Waals surface area contributed by atoms with Gasteiger partial charge in [-0.25, -0.2) is 4.39 Å². The molecule has 0 fully saturated rings. The minimum absolute atomic E-state index is 0.175. The molecule has 0 aliphatic heterocycles. The van der Waals surface area contributed by atoms with Crippen LogP contribution >= 0.6 is 35.0 Å². The number of ketones is 1. The normalized spacial score (nSPS) is 10.7. The summed E-state index contributed by atoms with van der Waals surface area (Å²) in [5.41, 5.74) is 0.863. The van der Waals surface area contributed by atoms with Gasteiger partial charge in [-0.3, -0.25) is 4.79 Å². The van der Waals surface area contributed by atoms with Gasteiger partial charge >= 0.3 is 0 Å². The zero-order valence-corrected chi connectivity index (χ0v) is 13.2. The Labute approximate surface area is 131 Å². The van der Waals surface area contributed by atoms with Gasteiger partial charge in [0.05, 0.1) is 10.0 Å². The summed E-state index contributed by atoms with van der Waals surface area (Å²) in [4.78, 5) is 13.2. The highest BCUT2D eigenvalue weighted by Gasteiger charge is 2.13. The van der Waals surface area contributed by atoms with Crippen LogP contribution in [0.15, 0.2) is 40.1 Å². The van der Waals surface area contributed by atoms with Crippen molar-refractivity contribution in [3.63, 3.8) is 0 Å². The summed E-state index contributed by atoms with van der Waals surface area (Å²) in [5, 5.41) is 0.915. The maximum Gasteiger partial charge on any atom is 0.161 e. The molecule has 0 unspecified atom stereocenters. The number of hydrogen-bond donors (Lipinski definition) is 0. The van der Waals surface area contributed by atoms with Crippen LogP contribution in [-0.4, -0.2) is 5.78 Å². The molecule has 0 saturated heterocycles. The average Bonchev–Trinajstić information content (AvgIpc) is 2.37. The fourth-order valence-electron chi connectivity index (χ4n) is 1.68. The van der Waals surface area contributed by atoms with Gasteiger partial charge in [0.2, 0.25) is 0 Å². The molecule has 0 aromatic heterocycles. The van der Waals surface area contributed by atoms with Gasteiger partial charge in [0.1, 0.15) is 5.82 Å². The molecule has 2 aromatic carbocycles. The molecule has 0 amide bonds. The summed E-state index contributed by atoms with van der Waals surface area (Å²) in [6, 6.07) is 8.16. The van der Waals surface area contributed by atoms with E-state index in [9.17, 15) is 9.18 Å². The highest BCUT2D eigenvalue weighted by Crippen LogP contribution is 2.35. The Bertz CT molecular complexity index is 686. The Balaban J connectivity index is 2.44. The van der Waals surface area contributed by atoms with Gasteiger partial charge in [-0.05, 0) is 49.7 Å². The second-order valence-corrected chi connectivity index (χ2v) is 6.26. The minimum atomic E-state index is -0.381. The second-order valence-electron chi connectivity index (χ2n) is 4.33. The van der Waals surface area contributed by atoms with E-state index in [1.54, 1.807) is 25.1 Å². The maximum atomic E-state index is 13.6. The first kappa shape index (κ1) is 15.4. The molecule has 104 valence electrons. The van der Waals surface area contributed by atoms with Crippen molar-refractivity contribution in [3.05, 3.63) is 57.3 Å². The summed E-state index contributed by atoms with van der Waals surface area (Å²) in [7, 11) is 0. The number of halogens is 3. The first-order valence-corrected chi connectivity index (χ1v) is 7.39. The Morgan fingerprint density at radius 3 is 2.45 bits per heavy atom. The highest BCUT2D eigenvalue weighted by molar-refractivity contribution is 7.99. The topological polar surface area (TPSA) is 17.1 Å². The number of aryl methyl sites for hydroxylation is 1. The minimum Gasteiger partial charge on any atom is -0.294 e. The van der Waals surface area contributed by atoms with Gasteiger partial charge in [-0.1, -0.05) is 35.0 Å². The maximum absolute atomic E-state index is 13.6. The number of rotatable bonds is 3. The molecule has 0 heterocycles. The molecule has 2 aromatic rings. The van der Waals surface area contributed by atoms with Crippen molar-refractivity contribution in [3.8, 4) is 0 Å². The number of carbonyl (C=O) groups excluding carboxylic acids is 1. The third-order valence-electron chi connectivity index (χ3n) is 2.76. The predicted molar refractivity (Wildman–Crippen MR) is 81.7 cm³/mol. The second kappa shape index (κ2) is 6.17. The third kappa shape index (κ3) is 3.35. The van der Waals surface area contributed by atoms with Crippen molar-refractivity contribution in [2.45, 2.75) is 23.6 Å². The van der Waals surface area contributed by atoms with Crippen LogP contribution in [0.25, 0.3) is 0 Å². The van der Waals surface area contributed by atoms with Gasteiger partial charge in [0, 0.05) is 15.4 Å². The number of Topliss-reactive ketones (excluding diaryl/α,β-unsaturated/α-hetero) is 1. The molecular formula is C15H11Cl2FOS. The molecule has 0 N–H and O–H groups in total. The Kier molecular flexibility index (Phi) is 4.74. The van der Waals surface area contributed by atoms with Crippen LogP contribution in [0.4, 0.5) is 4.39 Å². The van der Waals surface area contributed by atoms with E-state index in [4.69, 9.17) is 23.2 Å². The standard InChI is InChI=1S/C15H11Cl2FOS/c1-8-5-15(11(9(2)19)7-14(8)18)20-10-3-4-12(16)13(17)6-10/h3-7H,1-2H3. The quantitative estimate of drug-likeness (QED) is 0.663. The van der Waals surface area contributed by atoms with E-state index in [0.717, 1.165) is 4.90 Å². The summed E-state index contributed by atoms with van der Waals surface area (Å²) in [5.74, 6) is -0.555. The smallest absolute Gasteiger partial charge is 0.161 e. The van der Waals surface area contributed by atoms with Crippen molar-refractivity contribution in [2.75, 3.05) is 0 Å². The van der Waals surface area contributed by atoms with Crippen molar-refractivity contribution in [2.24, 2.45) is 0 Å². The lowest BCUT2D eigenvalue weighted by Gasteiger charge is -2.09. The van der Waals surface area contributed by atoms with Gasteiger partial charge in [-0.2, -0.15) is 0 Å². The van der Waals surface area contributed by atoms with Gasteiger partial charge in [0.15, 0.2) is 5.78 Å². The van der Waals surface area contributed by atoms with Gasteiger partial charge in [-0.15, -0.1) is 0 Å². The van der Waals surface area contributed by atoms with Crippen LogP contribution in [0.5, 0.6) is 0 Å². The molecule has 0 bridgehead atoms. The van der Waals surface area contributed by atoms with E-state index in [1.807, 2.05) is 6.07 Å². The summed E-state index contributed by atoms with van der Waals surface area (Å²) < 4.78 is 13.6. The molecule has 0 radical (unpaired) electrons. The predicted octanol–water partition coefficient (Wildman–Crippen LogP) is 5.79. The molecule has 5 heteroatoms. The van der Waals surface area contributed by atoms with Crippen LogP contribution in [0.1, 0.15) is 22.8 Å². The largest absolute Gasteiger partial charge is 0.294 e. The highest BCUT2D eigenvalue weighted by atomic mass is 35.5. The fraction of sp³-hybridized carbons (Fsp3) is 0.133. The summed E-state index contributed by atoms with van der Waals surface area (Å²) in [6.07, 6.45) is 0. The molecule has 0 aliphatic carbocycles. The molecule has 0 spiro atoms. The Morgan fingerprint density at radius 2 is 1.85 bits per heavy atom. The lowest BCUT2D eigenvalue weighted by atomic mass is 10.1. The SMILES string of the molecule is CC(=O)c1cc(F)c(C)cc1Sc1ccc(Cl)c(Cl)c1. The van der Waals surface area contributed by atoms with E-state index in [0.29, 0.717) is 26.1 Å². The van der Waals surface area contributed by atoms with Crippen molar-refractivity contribution in [1.29, 1.82) is 0 Å². The van der Waals surface area contributed by atoms with Crippen molar-refractivity contribution >= 4 is 40.7 Å². The lowest BCUT2D eigenvalue weighted by Crippen LogP contribution is -1.98. The molecule has 0 aliphatic rings. The van der Waals surface area contributed by atoms with E-state index in [1.165, 1.54) is 24.8 Å². The molecule has 20 heavy (non-hydrogen) atoms. The summed E-state index contributed by atoms with van der Waals surface area (Å²) >= 11 is 13.2. The molecule has 2 rings (SSSR count). The molecule has 0 atom stereocenters. The van der Waals surface area contributed by atoms with E-state index >= 15 is 0 Å². The Morgan fingerprint density at radius 1 is 1.15 bits per heavy atom. The first-order chi connectivity index (χ1) is 9.38. The van der Waals surface area contributed by atoms with E-state index in [-0.39, 0.29) is 11.6 Å². The van der Waals surface area contributed by atoms with E-state index < -0.39 is 0 Å². The summed E-state index contributed by atoms with van der Waals surface area (Å²) in [6.45, 7) is 3.08. The van der Waals surface area contributed by atoms with Gasteiger partial charge in [0.25, 0.3) is 0 Å². The zero-order valence-electron chi connectivity index (χ0n) is 10.8. The third-order valence-corrected chi connectivity index (χ3v) is 4.55. The van der Waals surface area contributed by atoms with Gasteiger partial charge < -0.3 is 0 Å². The van der Waals surface area contributed by atoms with Crippen molar-refractivity contribution < 1.29 is 9.18 Å². The lowest BCUT2D eigenvalue weighted by molar-refractivity contribution is 0.101.